The Hall–Kier alpha value is -2.30. The van der Waals surface area contributed by atoms with Gasteiger partial charge in [0.2, 0.25) is 0 Å². The second-order valence-corrected chi connectivity index (χ2v) is 5.69. The lowest BCUT2D eigenvalue weighted by Gasteiger charge is -2.38. The normalized spacial score (nSPS) is 17.1. The summed E-state index contributed by atoms with van der Waals surface area (Å²) in [6.07, 6.45) is 2.19. The second-order valence-electron chi connectivity index (χ2n) is 5.69. The molecule has 4 heteroatoms. The highest BCUT2D eigenvalue weighted by molar-refractivity contribution is 5.44. The number of hydrogen-bond donors (Lipinski definition) is 1. The molecule has 0 aromatic heterocycles. The number of para-hydroxylation sites is 2. The van der Waals surface area contributed by atoms with Crippen molar-refractivity contribution in [3.05, 3.63) is 72.2 Å². The predicted octanol–water partition coefficient (Wildman–Crippen LogP) is 3.27. The molecule has 3 rings (SSSR count). The Morgan fingerprint density at radius 2 is 1.70 bits per heavy atom. The fraction of sp³-hybridized carbons (Fsp3) is 0.263. The number of ether oxygens (including phenoxy) is 3. The third kappa shape index (κ3) is 2.96. The number of hydrogen-bond acceptors (Lipinski definition) is 4. The molecule has 0 saturated heterocycles. The van der Waals surface area contributed by atoms with Crippen LogP contribution in [0.25, 0.3) is 0 Å². The van der Waals surface area contributed by atoms with E-state index in [9.17, 15) is 0 Å². The minimum Gasteiger partial charge on any atom is -0.457 e. The van der Waals surface area contributed by atoms with E-state index in [0.29, 0.717) is 23.7 Å². The Bertz CT molecular complexity index is 697. The second kappa shape index (κ2) is 6.44. The van der Waals surface area contributed by atoms with Crippen LogP contribution in [-0.4, -0.2) is 18.8 Å². The quantitative estimate of drug-likeness (QED) is 0.921. The van der Waals surface area contributed by atoms with Crippen LogP contribution >= 0.6 is 0 Å². The molecule has 120 valence electrons. The molecule has 0 spiro atoms. The third-order valence-electron chi connectivity index (χ3n) is 4.19. The summed E-state index contributed by atoms with van der Waals surface area (Å²) < 4.78 is 17.6. The fourth-order valence-corrected chi connectivity index (χ4v) is 2.81. The van der Waals surface area contributed by atoms with E-state index in [0.717, 1.165) is 5.56 Å². The zero-order valence-electron chi connectivity index (χ0n) is 13.4. The van der Waals surface area contributed by atoms with Crippen LogP contribution in [0.15, 0.2) is 66.6 Å². The highest BCUT2D eigenvalue weighted by Crippen LogP contribution is 2.38. The maximum Gasteiger partial charge on any atom is 0.173 e. The lowest BCUT2D eigenvalue weighted by atomic mass is 9.86. The van der Waals surface area contributed by atoms with Gasteiger partial charge in [0.25, 0.3) is 0 Å². The molecule has 0 saturated carbocycles. The topological polar surface area (TPSA) is 53.7 Å². The van der Waals surface area contributed by atoms with Crippen molar-refractivity contribution in [2.75, 3.05) is 7.11 Å². The van der Waals surface area contributed by atoms with Crippen molar-refractivity contribution in [1.82, 2.24) is 0 Å². The lowest BCUT2D eigenvalue weighted by molar-refractivity contribution is -0.0262. The van der Waals surface area contributed by atoms with Crippen molar-refractivity contribution in [2.24, 2.45) is 5.73 Å². The van der Waals surface area contributed by atoms with Gasteiger partial charge >= 0.3 is 0 Å². The first-order valence-corrected chi connectivity index (χ1v) is 7.64. The first kappa shape index (κ1) is 15.6. The highest BCUT2D eigenvalue weighted by Gasteiger charge is 2.42. The highest BCUT2D eigenvalue weighted by atomic mass is 16.6. The number of rotatable bonds is 5. The van der Waals surface area contributed by atoms with E-state index in [1.54, 1.807) is 13.4 Å². The van der Waals surface area contributed by atoms with E-state index >= 15 is 0 Å². The van der Waals surface area contributed by atoms with E-state index in [1.807, 2.05) is 61.5 Å². The van der Waals surface area contributed by atoms with Crippen molar-refractivity contribution in [3.63, 3.8) is 0 Å². The molecule has 2 unspecified atom stereocenters. The average Bonchev–Trinajstić information content (AvgIpc) is 2.60. The number of nitrogens with two attached hydrogens (primary N) is 1. The van der Waals surface area contributed by atoms with Gasteiger partial charge in [-0.3, -0.25) is 0 Å². The van der Waals surface area contributed by atoms with Gasteiger partial charge in [0.1, 0.15) is 11.9 Å². The largest absolute Gasteiger partial charge is 0.457 e. The molecule has 0 radical (unpaired) electrons. The van der Waals surface area contributed by atoms with Gasteiger partial charge in [-0.05, 0) is 24.6 Å². The van der Waals surface area contributed by atoms with Crippen molar-refractivity contribution in [1.29, 1.82) is 0 Å². The summed E-state index contributed by atoms with van der Waals surface area (Å²) in [7, 11) is 1.65. The van der Waals surface area contributed by atoms with Crippen LogP contribution in [0.1, 0.15) is 12.5 Å². The molecule has 4 nitrogen and oxygen atoms in total. The van der Waals surface area contributed by atoms with Gasteiger partial charge in [0.05, 0.1) is 0 Å². The minimum absolute atomic E-state index is 0.284. The van der Waals surface area contributed by atoms with Crippen molar-refractivity contribution in [3.8, 4) is 11.5 Å². The molecular weight excluding hydrogens is 290 g/mol. The number of methoxy groups -OCH3 is 1. The van der Waals surface area contributed by atoms with Gasteiger partial charge in [0.15, 0.2) is 17.3 Å². The Morgan fingerprint density at radius 3 is 2.35 bits per heavy atom. The third-order valence-corrected chi connectivity index (χ3v) is 4.19. The van der Waals surface area contributed by atoms with Gasteiger partial charge in [-0.2, -0.15) is 0 Å². The Labute approximate surface area is 136 Å². The van der Waals surface area contributed by atoms with E-state index < -0.39 is 5.60 Å². The molecule has 2 aromatic carbocycles. The summed E-state index contributed by atoms with van der Waals surface area (Å²) in [6.45, 7) is 1.91. The van der Waals surface area contributed by atoms with Crippen LogP contribution in [0, 0.1) is 0 Å². The molecule has 1 heterocycles. The fourth-order valence-electron chi connectivity index (χ4n) is 2.81. The molecule has 0 amide bonds. The molecule has 2 atom stereocenters. The maximum absolute atomic E-state index is 6.28. The monoisotopic (exact) mass is 311 g/mol. The molecule has 0 bridgehead atoms. The molecule has 0 fully saturated rings. The van der Waals surface area contributed by atoms with Crippen molar-refractivity contribution >= 4 is 0 Å². The standard InChI is InChI=1S/C19H21NO3/c1-14(20)19(21-2,12-15-8-4-3-5-9-15)18-13-22-16-10-6-7-11-17(16)23-18/h3-11,13-14H,12,20H2,1-2H3. The summed E-state index contributed by atoms with van der Waals surface area (Å²) in [4.78, 5) is 0. The first-order valence-electron chi connectivity index (χ1n) is 7.64. The molecule has 23 heavy (non-hydrogen) atoms. The van der Waals surface area contributed by atoms with E-state index in [2.05, 4.69) is 0 Å². The van der Waals surface area contributed by atoms with Crippen LogP contribution in [0.2, 0.25) is 0 Å². The summed E-state index contributed by atoms with van der Waals surface area (Å²) in [5.74, 6) is 1.93. The van der Waals surface area contributed by atoms with Gasteiger partial charge in [-0.1, -0.05) is 42.5 Å². The summed E-state index contributed by atoms with van der Waals surface area (Å²) in [6, 6.07) is 17.3. The zero-order chi connectivity index (χ0) is 16.3. The molecule has 2 N–H and O–H groups in total. The van der Waals surface area contributed by atoms with Gasteiger partial charge in [-0.25, -0.2) is 0 Å². The maximum atomic E-state index is 6.28. The van der Waals surface area contributed by atoms with Crippen LogP contribution in [-0.2, 0) is 11.2 Å². The van der Waals surface area contributed by atoms with Crippen molar-refractivity contribution in [2.45, 2.75) is 25.0 Å². The van der Waals surface area contributed by atoms with Gasteiger partial charge < -0.3 is 19.9 Å². The SMILES string of the molecule is COC(Cc1ccccc1)(C1=COc2ccccc2O1)C(C)N. The Balaban J connectivity index is 1.95. The van der Waals surface area contributed by atoms with Crippen LogP contribution in [0.4, 0.5) is 0 Å². The van der Waals surface area contributed by atoms with Gasteiger partial charge in [-0.15, -0.1) is 0 Å². The molecule has 1 aliphatic heterocycles. The van der Waals surface area contributed by atoms with Crippen LogP contribution < -0.4 is 15.2 Å². The summed E-state index contributed by atoms with van der Waals surface area (Å²) in [5.41, 5.74) is 6.60. The Morgan fingerprint density at radius 1 is 1.04 bits per heavy atom. The molecular formula is C19H21NO3. The first-order chi connectivity index (χ1) is 11.2. The summed E-state index contributed by atoms with van der Waals surface area (Å²) in [5, 5.41) is 0. The molecule has 2 aromatic rings. The zero-order valence-corrected chi connectivity index (χ0v) is 13.4. The predicted molar refractivity (Wildman–Crippen MR) is 89.3 cm³/mol. The van der Waals surface area contributed by atoms with Crippen LogP contribution in [0.3, 0.4) is 0 Å². The lowest BCUT2D eigenvalue weighted by Crippen LogP contribution is -2.52. The number of fused-ring (bicyclic) bond motifs is 1. The molecule has 0 aliphatic carbocycles. The van der Waals surface area contributed by atoms with Crippen molar-refractivity contribution < 1.29 is 14.2 Å². The Kier molecular flexibility index (Phi) is 4.37. The van der Waals surface area contributed by atoms with E-state index in [4.69, 9.17) is 19.9 Å². The summed E-state index contributed by atoms with van der Waals surface area (Å²) >= 11 is 0. The van der Waals surface area contributed by atoms with E-state index in [1.165, 1.54) is 0 Å². The smallest absolute Gasteiger partial charge is 0.173 e. The number of benzene rings is 2. The van der Waals surface area contributed by atoms with E-state index in [-0.39, 0.29) is 6.04 Å². The minimum atomic E-state index is -0.797. The van der Waals surface area contributed by atoms with Crippen LogP contribution in [0.5, 0.6) is 11.5 Å². The molecule has 1 aliphatic rings. The average molecular weight is 311 g/mol. The van der Waals surface area contributed by atoms with Gasteiger partial charge in [0, 0.05) is 19.6 Å².